The van der Waals surface area contributed by atoms with Crippen LogP contribution in [-0.2, 0) is 9.59 Å². The molecule has 0 bridgehead atoms. The summed E-state index contributed by atoms with van der Waals surface area (Å²) in [5.41, 5.74) is 5.08. The summed E-state index contributed by atoms with van der Waals surface area (Å²) in [6.45, 7) is 4.02. The molecule has 0 atom stereocenters. The molecular formula is C25H19N3O2. The lowest BCUT2D eigenvalue weighted by molar-refractivity contribution is -0.120. The molecule has 3 aromatic rings. The highest BCUT2D eigenvalue weighted by molar-refractivity contribution is 6.46. The lowest BCUT2D eigenvalue weighted by Crippen LogP contribution is -2.32. The number of nitrogens with one attached hydrogen (secondary N) is 1. The molecule has 0 unspecified atom stereocenters. The molecule has 1 heterocycles. The minimum Gasteiger partial charge on any atom is -0.350 e. The predicted molar refractivity (Wildman–Crippen MR) is 117 cm³/mol. The Morgan fingerprint density at radius 2 is 1.53 bits per heavy atom. The lowest BCUT2D eigenvalue weighted by atomic mass is 10.0. The van der Waals surface area contributed by atoms with Gasteiger partial charge in [0.05, 0.1) is 22.9 Å². The van der Waals surface area contributed by atoms with Crippen molar-refractivity contribution in [2.45, 2.75) is 13.8 Å². The normalized spacial score (nSPS) is 13.6. The zero-order valence-electron chi connectivity index (χ0n) is 16.6. The molecule has 3 aromatic carbocycles. The quantitative estimate of drug-likeness (QED) is 0.659. The van der Waals surface area contributed by atoms with Crippen molar-refractivity contribution in [1.82, 2.24) is 0 Å². The molecule has 146 valence electrons. The van der Waals surface area contributed by atoms with Crippen LogP contribution < -0.4 is 10.2 Å². The fourth-order valence-corrected chi connectivity index (χ4v) is 3.40. The number of nitrogens with zero attached hydrogens (tertiary/aromatic N) is 2. The SMILES string of the molecule is Cc1ccc(NC2=C(c3ccccc3)C(=O)N(c3ccc(C#N)cc3)C2=O)cc1C. The third kappa shape index (κ3) is 3.36. The van der Waals surface area contributed by atoms with Gasteiger partial charge >= 0.3 is 0 Å². The minimum atomic E-state index is -0.429. The molecule has 4 rings (SSSR count). The van der Waals surface area contributed by atoms with Gasteiger partial charge in [-0.2, -0.15) is 5.26 Å². The van der Waals surface area contributed by atoms with Crippen molar-refractivity contribution in [2.24, 2.45) is 0 Å². The third-order valence-corrected chi connectivity index (χ3v) is 5.18. The van der Waals surface area contributed by atoms with E-state index in [9.17, 15) is 9.59 Å². The molecule has 2 amide bonds. The Balaban J connectivity index is 1.80. The van der Waals surface area contributed by atoms with Crippen molar-refractivity contribution >= 4 is 28.8 Å². The molecule has 5 heteroatoms. The molecule has 1 aliphatic rings. The van der Waals surface area contributed by atoms with Crippen LogP contribution in [0.5, 0.6) is 0 Å². The monoisotopic (exact) mass is 393 g/mol. The van der Waals surface area contributed by atoms with E-state index in [1.165, 1.54) is 0 Å². The van der Waals surface area contributed by atoms with Crippen LogP contribution >= 0.6 is 0 Å². The molecule has 0 aromatic heterocycles. The number of nitriles is 1. The summed E-state index contributed by atoms with van der Waals surface area (Å²) in [4.78, 5) is 27.8. The summed E-state index contributed by atoms with van der Waals surface area (Å²) in [7, 11) is 0. The van der Waals surface area contributed by atoms with Gasteiger partial charge in [0, 0.05) is 5.69 Å². The van der Waals surface area contributed by atoms with Crippen LogP contribution in [0, 0.1) is 25.2 Å². The number of hydrogen-bond acceptors (Lipinski definition) is 4. The number of carbonyl (C=O) groups excluding carboxylic acids is 2. The van der Waals surface area contributed by atoms with E-state index >= 15 is 0 Å². The van der Waals surface area contributed by atoms with Gasteiger partial charge in [-0.3, -0.25) is 9.59 Å². The van der Waals surface area contributed by atoms with Crippen LogP contribution in [0.2, 0.25) is 0 Å². The maximum Gasteiger partial charge on any atom is 0.282 e. The Kier molecular flexibility index (Phi) is 4.91. The molecule has 0 radical (unpaired) electrons. The van der Waals surface area contributed by atoms with Crippen molar-refractivity contribution in [3.8, 4) is 6.07 Å². The predicted octanol–water partition coefficient (Wildman–Crippen LogP) is 4.57. The van der Waals surface area contributed by atoms with E-state index in [0.717, 1.165) is 21.7 Å². The number of aryl methyl sites for hydroxylation is 2. The Hall–Kier alpha value is -4.17. The maximum atomic E-state index is 13.3. The van der Waals surface area contributed by atoms with E-state index in [2.05, 4.69) is 5.32 Å². The molecule has 30 heavy (non-hydrogen) atoms. The first kappa shape index (κ1) is 19.2. The van der Waals surface area contributed by atoms with Crippen LogP contribution in [0.4, 0.5) is 11.4 Å². The van der Waals surface area contributed by atoms with Crippen LogP contribution in [-0.4, -0.2) is 11.8 Å². The Morgan fingerprint density at radius 1 is 0.833 bits per heavy atom. The van der Waals surface area contributed by atoms with Gasteiger partial charge in [-0.15, -0.1) is 0 Å². The highest BCUT2D eigenvalue weighted by Gasteiger charge is 2.40. The number of carbonyl (C=O) groups is 2. The average molecular weight is 393 g/mol. The first-order valence-corrected chi connectivity index (χ1v) is 9.52. The molecule has 1 aliphatic heterocycles. The van der Waals surface area contributed by atoms with E-state index in [0.29, 0.717) is 22.4 Å². The van der Waals surface area contributed by atoms with Crippen LogP contribution in [0.1, 0.15) is 22.3 Å². The van der Waals surface area contributed by atoms with Gasteiger partial charge in [0.15, 0.2) is 0 Å². The van der Waals surface area contributed by atoms with Crippen molar-refractivity contribution in [3.63, 3.8) is 0 Å². The van der Waals surface area contributed by atoms with E-state index in [1.807, 2.05) is 68.4 Å². The van der Waals surface area contributed by atoms with E-state index in [1.54, 1.807) is 24.3 Å². The molecule has 5 nitrogen and oxygen atoms in total. The van der Waals surface area contributed by atoms with Crippen LogP contribution in [0.15, 0.2) is 78.5 Å². The summed E-state index contributed by atoms with van der Waals surface area (Å²) < 4.78 is 0. The van der Waals surface area contributed by atoms with Crippen molar-refractivity contribution in [1.29, 1.82) is 5.26 Å². The van der Waals surface area contributed by atoms with Crippen molar-refractivity contribution < 1.29 is 9.59 Å². The summed E-state index contributed by atoms with van der Waals surface area (Å²) in [5.74, 6) is -0.830. The third-order valence-electron chi connectivity index (χ3n) is 5.18. The zero-order valence-corrected chi connectivity index (χ0v) is 16.6. The minimum absolute atomic E-state index is 0.235. The molecule has 0 saturated carbocycles. The molecule has 0 saturated heterocycles. The second-order valence-corrected chi connectivity index (χ2v) is 7.14. The second-order valence-electron chi connectivity index (χ2n) is 7.14. The first-order chi connectivity index (χ1) is 14.5. The lowest BCUT2D eigenvalue weighted by Gasteiger charge is -2.15. The van der Waals surface area contributed by atoms with Gasteiger partial charge in [-0.25, -0.2) is 4.90 Å². The summed E-state index contributed by atoms with van der Waals surface area (Å²) in [5, 5.41) is 12.2. The zero-order chi connectivity index (χ0) is 21.3. The van der Waals surface area contributed by atoms with Gasteiger partial charge in [-0.1, -0.05) is 36.4 Å². The number of hydrogen-bond donors (Lipinski definition) is 1. The Labute approximate surface area is 174 Å². The number of benzene rings is 3. The molecular weight excluding hydrogens is 374 g/mol. The van der Waals surface area contributed by atoms with E-state index in [4.69, 9.17) is 5.26 Å². The van der Waals surface area contributed by atoms with Gasteiger partial charge in [-0.05, 0) is 66.9 Å². The maximum absolute atomic E-state index is 13.3. The number of imide groups is 1. The molecule has 1 N–H and O–H groups in total. The Morgan fingerprint density at radius 3 is 2.17 bits per heavy atom. The van der Waals surface area contributed by atoms with Gasteiger partial charge in [0.1, 0.15) is 5.70 Å². The summed E-state index contributed by atoms with van der Waals surface area (Å²) in [6.07, 6.45) is 0. The fourth-order valence-electron chi connectivity index (χ4n) is 3.40. The number of amides is 2. The van der Waals surface area contributed by atoms with Gasteiger partial charge < -0.3 is 5.32 Å². The smallest absolute Gasteiger partial charge is 0.282 e. The molecule has 0 fully saturated rings. The average Bonchev–Trinajstić information content (AvgIpc) is 3.01. The first-order valence-electron chi connectivity index (χ1n) is 9.52. The summed E-state index contributed by atoms with van der Waals surface area (Å²) >= 11 is 0. The number of rotatable bonds is 4. The summed E-state index contributed by atoms with van der Waals surface area (Å²) in [6, 6.07) is 23.4. The van der Waals surface area contributed by atoms with Crippen LogP contribution in [0.3, 0.4) is 0 Å². The van der Waals surface area contributed by atoms with Crippen molar-refractivity contribution in [3.05, 3.63) is 101 Å². The number of anilines is 2. The van der Waals surface area contributed by atoms with E-state index in [-0.39, 0.29) is 5.70 Å². The highest BCUT2D eigenvalue weighted by atomic mass is 16.2. The standard InChI is InChI=1S/C25H19N3O2/c1-16-8-11-20(14-17(16)2)27-23-22(19-6-4-3-5-7-19)24(29)28(25(23)30)21-12-9-18(15-26)10-13-21/h3-14,27H,1-2H3. The fraction of sp³-hybridized carbons (Fsp3) is 0.0800. The van der Waals surface area contributed by atoms with Gasteiger partial charge in [0.2, 0.25) is 0 Å². The molecule has 0 spiro atoms. The Bertz CT molecular complexity index is 1220. The van der Waals surface area contributed by atoms with Crippen molar-refractivity contribution in [2.75, 3.05) is 10.2 Å². The van der Waals surface area contributed by atoms with E-state index < -0.39 is 11.8 Å². The molecule has 0 aliphatic carbocycles. The van der Waals surface area contributed by atoms with Gasteiger partial charge in [0.25, 0.3) is 11.8 Å². The second kappa shape index (κ2) is 7.69. The highest BCUT2D eigenvalue weighted by Crippen LogP contribution is 2.34. The van der Waals surface area contributed by atoms with Crippen LogP contribution in [0.25, 0.3) is 5.57 Å². The topological polar surface area (TPSA) is 73.2 Å². The largest absolute Gasteiger partial charge is 0.350 e.